The fourth-order valence-electron chi connectivity index (χ4n) is 4.83. The molecule has 1 unspecified atom stereocenters. The van der Waals surface area contributed by atoms with Gasteiger partial charge in [-0.2, -0.15) is 0 Å². The van der Waals surface area contributed by atoms with Crippen LogP contribution in [-0.2, 0) is 16.4 Å². The van der Waals surface area contributed by atoms with Gasteiger partial charge in [-0.05, 0) is 97.9 Å². The molecule has 4 rings (SSSR count). The second-order valence-corrected chi connectivity index (χ2v) is 10.4. The van der Waals surface area contributed by atoms with Gasteiger partial charge in [-0.25, -0.2) is 8.78 Å². The minimum absolute atomic E-state index is 0.0754. The zero-order valence-electron chi connectivity index (χ0n) is 19.8. The van der Waals surface area contributed by atoms with Crippen LogP contribution in [0.4, 0.5) is 8.78 Å². The van der Waals surface area contributed by atoms with Gasteiger partial charge in [0.25, 0.3) is 0 Å². The molecule has 0 saturated carbocycles. The first kappa shape index (κ1) is 25.5. The number of likely N-dealkylation sites (tertiary alicyclic amines) is 1. The third-order valence-corrected chi connectivity index (χ3v) is 7.73. The molecule has 1 aliphatic rings. The lowest BCUT2D eigenvalue weighted by atomic mass is 9.72. The first-order chi connectivity index (χ1) is 16.9. The predicted molar refractivity (Wildman–Crippen MR) is 134 cm³/mol. The molecule has 3 aromatic rings. The minimum Gasteiger partial charge on any atom is -0.494 e. The topological polar surface area (TPSA) is 49.8 Å². The Bertz CT molecular complexity index is 1070. The average molecular weight is 500 g/mol. The fraction of sp³-hybridized carbons (Fsp3) is 0.357. The number of halogens is 2. The summed E-state index contributed by atoms with van der Waals surface area (Å²) in [4.78, 5) is 3.14. The van der Waals surface area contributed by atoms with Crippen LogP contribution >= 0.6 is 0 Å². The molecule has 1 aliphatic heterocycles. The summed E-state index contributed by atoms with van der Waals surface area (Å²) in [6.07, 6.45) is 4.05. The Hall–Kier alpha value is -2.61. The third-order valence-electron chi connectivity index (χ3n) is 6.79. The summed E-state index contributed by atoms with van der Waals surface area (Å²) < 4.78 is 44.4. The lowest BCUT2D eigenvalue weighted by Crippen LogP contribution is -2.44. The molecule has 1 heterocycles. The van der Waals surface area contributed by atoms with Crippen molar-refractivity contribution < 1.29 is 22.8 Å². The van der Waals surface area contributed by atoms with E-state index in [2.05, 4.69) is 4.90 Å². The Morgan fingerprint density at radius 1 is 0.914 bits per heavy atom. The molecule has 0 radical (unpaired) electrons. The lowest BCUT2D eigenvalue weighted by Gasteiger charge is -2.42. The van der Waals surface area contributed by atoms with Gasteiger partial charge in [0.15, 0.2) is 0 Å². The van der Waals surface area contributed by atoms with Crippen LogP contribution in [0.25, 0.3) is 0 Å². The molecule has 4 nitrogen and oxygen atoms in total. The summed E-state index contributed by atoms with van der Waals surface area (Å²) in [5.41, 5.74) is -0.0733. The Labute approximate surface area is 208 Å². The van der Waals surface area contributed by atoms with Crippen molar-refractivity contribution in [1.29, 1.82) is 0 Å². The molecule has 0 amide bonds. The summed E-state index contributed by atoms with van der Waals surface area (Å²) in [5.74, 6) is -0.0258. The monoisotopic (exact) mass is 499 g/mol. The van der Waals surface area contributed by atoms with Gasteiger partial charge in [-0.1, -0.05) is 24.3 Å². The van der Waals surface area contributed by atoms with Crippen LogP contribution in [0.2, 0.25) is 0 Å². The van der Waals surface area contributed by atoms with Crippen LogP contribution in [0.1, 0.15) is 30.4 Å². The fourth-order valence-corrected chi connectivity index (χ4v) is 5.35. The van der Waals surface area contributed by atoms with Crippen molar-refractivity contribution in [3.8, 4) is 5.75 Å². The number of aliphatic hydroxyl groups is 1. The molecule has 1 atom stereocenters. The molecule has 1 N–H and O–H groups in total. The average Bonchev–Trinajstić information content (AvgIpc) is 2.87. The van der Waals surface area contributed by atoms with Crippen LogP contribution in [0, 0.1) is 17.6 Å². The highest BCUT2D eigenvalue weighted by atomic mass is 32.2. The lowest BCUT2D eigenvalue weighted by molar-refractivity contribution is -0.0147. The van der Waals surface area contributed by atoms with E-state index in [1.165, 1.54) is 24.3 Å². The smallest absolute Gasteiger partial charge is 0.123 e. The molecule has 0 spiro atoms. The number of benzene rings is 3. The van der Waals surface area contributed by atoms with Gasteiger partial charge in [-0.3, -0.25) is 4.21 Å². The van der Waals surface area contributed by atoms with Gasteiger partial charge in [0.1, 0.15) is 23.0 Å². The molecule has 0 bridgehead atoms. The van der Waals surface area contributed by atoms with Gasteiger partial charge in [-0.15, -0.1) is 0 Å². The SMILES string of the molecule is CS(=O)c1ccc(OCCCN2CCC(C(O)(c3ccc(F)cc3)c3ccc(F)cc3)CC2)cc1. The standard InChI is InChI=1S/C28H31F2NO3S/c1-35(33)27-13-11-26(12-14-27)34-20-2-17-31-18-15-23(16-19-31)28(32,21-3-7-24(29)8-4-21)22-5-9-25(30)10-6-22/h3-14,23,32H,2,15-20H2,1H3. The minimum atomic E-state index is -1.31. The summed E-state index contributed by atoms with van der Waals surface area (Å²) >= 11 is 0. The molecule has 35 heavy (non-hydrogen) atoms. The van der Waals surface area contributed by atoms with Gasteiger partial charge < -0.3 is 14.7 Å². The van der Waals surface area contributed by atoms with Gasteiger partial charge in [0.05, 0.1) is 6.61 Å². The van der Waals surface area contributed by atoms with Crippen molar-refractivity contribution in [2.45, 2.75) is 29.8 Å². The van der Waals surface area contributed by atoms with E-state index >= 15 is 0 Å². The molecule has 1 saturated heterocycles. The van der Waals surface area contributed by atoms with E-state index in [0.717, 1.165) is 49.5 Å². The van der Waals surface area contributed by atoms with Gasteiger partial charge in [0, 0.05) is 28.5 Å². The van der Waals surface area contributed by atoms with E-state index in [1.807, 2.05) is 24.3 Å². The molecular weight excluding hydrogens is 468 g/mol. The molecule has 0 aromatic heterocycles. The molecule has 7 heteroatoms. The molecule has 0 aliphatic carbocycles. The number of ether oxygens (including phenoxy) is 1. The quantitative estimate of drug-likeness (QED) is 0.415. The highest BCUT2D eigenvalue weighted by Crippen LogP contribution is 2.42. The maximum atomic E-state index is 13.6. The molecule has 3 aromatic carbocycles. The molecule has 1 fully saturated rings. The zero-order valence-corrected chi connectivity index (χ0v) is 20.6. The van der Waals surface area contributed by atoms with Crippen molar-refractivity contribution in [2.75, 3.05) is 32.5 Å². The largest absolute Gasteiger partial charge is 0.494 e. The first-order valence-corrected chi connectivity index (χ1v) is 13.4. The predicted octanol–water partition coefficient (Wildman–Crippen LogP) is 5.12. The van der Waals surface area contributed by atoms with E-state index in [1.54, 1.807) is 30.5 Å². The summed E-state index contributed by atoms with van der Waals surface area (Å²) in [7, 11) is -0.998. The van der Waals surface area contributed by atoms with Crippen molar-refractivity contribution in [3.05, 3.63) is 95.6 Å². The second kappa shape index (κ2) is 11.4. The van der Waals surface area contributed by atoms with E-state index in [-0.39, 0.29) is 17.6 Å². The van der Waals surface area contributed by atoms with Crippen LogP contribution in [-0.4, -0.2) is 46.7 Å². The van der Waals surface area contributed by atoms with Crippen molar-refractivity contribution in [1.82, 2.24) is 4.90 Å². The molecule has 186 valence electrons. The van der Waals surface area contributed by atoms with Crippen molar-refractivity contribution in [3.63, 3.8) is 0 Å². The van der Waals surface area contributed by atoms with Crippen molar-refractivity contribution >= 4 is 10.8 Å². The zero-order chi connectivity index (χ0) is 24.8. The van der Waals surface area contributed by atoms with E-state index < -0.39 is 16.4 Å². The number of hydrogen-bond donors (Lipinski definition) is 1. The molecular formula is C28H31F2NO3S. The van der Waals surface area contributed by atoms with Gasteiger partial charge in [0.2, 0.25) is 0 Å². The first-order valence-electron chi connectivity index (χ1n) is 11.9. The normalized spacial score (nSPS) is 16.2. The summed E-state index contributed by atoms with van der Waals surface area (Å²) in [6.45, 7) is 3.12. The Morgan fingerprint density at radius 2 is 1.43 bits per heavy atom. The Balaban J connectivity index is 1.34. The summed E-state index contributed by atoms with van der Waals surface area (Å²) in [5, 5.41) is 11.9. The van der Waals surface area contributed by atoms with Crippen molar-refractivity contribution in [2.24, 2.45) is 5.92 Å². The van der Waals surface area contributed by atoms with Crippen LogP contribution < -0.4 is 4.74 Å². The van der Waals surface area contributed by atoms with E-state index in [0.29, 0.717) is 17.7 Å². The van der Waals surface area contributed by atoms with E-state index in [4.69, 9.17) is 4.74 Å². The number of hydrogen-bond acceptors (Lipinski definition) is 4. The number of piperidine rings is 1. The second-order valence-electron chi connectivity index (χ2n) is 9.02. The van der Waals surface area contributed by atoms with Gasteiger partial charge >= 0.3 is 0 Å². The number of nitrogens with zero attached hydrogens (tertiary/aromatic N) is 1. The Kier molecular flexibility index (Phi) is 8.31. The van der Waals surface area contributed by atoms with Crippen LogP contribution in [0.5, 0.6) is 5.75 Å². The maximum absolute atomic E-state index is 13.6. The van der Waals surface area contributed by atoms with E-state index in [9.17, 15) is 18.1 Å². The number of rotatable bonds is 9. The summed E-state index contributed by atoms with van der Waals surface area (Å²) in [6, 6.07) is 19.2. The van der Waals surface area contributed by atoms with Crippen LogP contribution in [0.3, 0.4) is 0 Å². The Morgan fingerprint density at radius 3 is 1.91 bits per heavy atom. The highest BCUT2D eigenvalue weighted by molar-refractivity contribution is 7.84. The van der Waals surface area contributed by atoms with Crippen LogP contribution in [0.15, 0.2) is 77.7 Å². The maximum Gasteiger partial charge on any atom is 0.123 e. The highest BCUT2D eigenvalue weighted by Gasteiger charge is 2.41. The third kappa shape index (κ3) is 6.15.